The smallest absolute Gasteiger partial charge is 0.338 e. The highest BCUT2D eigenvalue weighted by molar-refractivity contribution is 5.90. The van der Waals surface area contributed by atoms with E-state index in [1.165, 1.54) is 19.1 Å². The van der Waals surface area contributed by atoms with Gasteiger partial charge in [0.1, 0.15) is 79.4 Å². The highest BCUT2D eigenvalue weighted by Crippen LogP contribution is 2.76. The third-order valence-corrected chi connectivity index (χ3v) is 23.7. The lowest BCUT2D eigenvalue weighted by molar-refractivity contribution is -0.392. The van der Waals surface area contributed by atoms with Crippen molar-refractivity contribution in [1.82, 2.24) is 0 Å². The lowest BCUT2D eigenvalue weighted by Gasteiger charge is -2.72. The van der Waals surface area contributed by atoms with Gasteiger partial charge in [-0.3, -0.25) is 4.79 Å². The Morgan fingerprint density at radius 1 is 0.579 bits per heavy atom. The summed E-state index contributed by atoms with van der Waals surface area (Å²) >= 11 is 0. The largest absolute Gasteiger partial charge is 0.479 e. The van der Waals surface area contributed by atoms with E-state index in [1.807, 2.05) is 27.7 Å². The highest BCUT2D eigenvalue weighted by atomic mass is 16.8. The fourth-order valence-electron chi connectivity index (χ4n) is 18.5. The van der Waals surface area contributed by atoms with Gasteiger partial charge in [0.2, 0.25) is 0 Å². The van der Waals surface area contributed by atoms with Crippen molar-refractivity contribution in [2.45, 2.75) is 235 Å². The number of carbonyl (C=O) groups is 4. The van der Waals surface area contributed by atoms with E-state index in [9.17, 15) is 80.5 Å². The van der Waals surface area contributed by atoms with E-state index in [0.717, 1.165) is 5.57 Å². The molecule has 528 valence electrons. The molecule has 2 aromatic carbocycles. The number of hydrogen-bond donors (Lipinski definition) is 12. The lowest BCUT2D eigenvalue weighted by Crippen LogP contribution is -2.73. The zero-order valence-electron chi connectivity index (χ0n) is 54.6. The fraction of sp³-hybridized carbons (Fsp3) is 0.735. The van der Waals surface area contributed by atoms with Gasteiger partial charge in [0.15, 0.2) is 43.5 Å². The number of carboxylic acids is 1. The molecule has 5 aliphatic carbocycles. The zero-order chi connectivity index (χ0) is 68.8. The number of aliphatic carboxylic acids is 1. The maximum absolute atomic E-state index is 13.7. The first kappa shape index (κ1) is 71.6. The predicted molar refractivity (Wildman–Crippen MR) is 324 cm³/mol. The van der Waals surface area contributed by atoms with E-state index in [-0.39, 0.29) is 35.8 Å². The Morgan fingerprint density at radius 3 is 1.81 bits per heavy atom. The molecule has 0 bridgehead atoms. The average molecular weight is 1340 g/mol. The number of allylic oxidation sites excluding steroid dienone is 2. The number of rotatable bonds is 16. The molecular weight excluding hydrogens is 1250 g/mol. The number of carboxylic acid groups (broad SMARTS) is 1. The van der Waals surface area contributed by atoms with Crippen LogP contribution in [0, 0.1) is 50.2 Å². The average Bonchev–Trinajstić information content (AvgIpc) is 0.684. The van der Waals surface area contributed by atoms with Gasteiger partial charge < -0.3 is 113 Å². The van der Waals surface area contributed by atoms with Crippen LogP contribution in [0.1, 0.15) is 121 Å². The molecule has 27 heteroatoms. The lowest BCUT2D eigenvalue weighted by atomic mass is 9.33. The molecular formula is C68H94O27. The quantitative estimate of drug-likeness (QED) is 0.0483. The summed E-state index contributed by atoms with van der Waals surface area (Å²) in [6, 6.07) is 16.2. The van der Waals surface area contributed by atoms with E-state index in [1.54, 1.807) is 48.5 Å². The van der Waals surface area contributed by atoms with Crippen LogP contribution in [0.25, 0.3) is 0 Å². The molecule has 9 aliphatic rings. The molecule has 27 nitrogen and oxygen atoms in total. The molecule has 4 saturated carbocycles. The van der Waals surface area contributed by atoms with Gasteiger partial charge >= 0.3 is 23.9 Å². The molecule has 4 heterocycles. The molecule has 0 amide bonds. The molecule has 0 aromatic heterocycles. The second-order valence-corrected chi connectivity index (χ2v) is 29.7. The molecule has 11 rings (SSSR count). The van der Waals surface area contributed by atoms with Crippen molar-refractivity contribution in [3.8, 4) is 0 Å². The van der Waals surface area contributed by atoms with Crippen LogP contribution in [0.4, 0.5) is 0 Å². The summed E-state index contributed by atoms with van der Waals surface area (Å²) in [6.07, 6.45) is -31.5. The topological polar surface area (TPSA) is 413 Å². The summed E-state index contributed by atoms with van der Waals surface area (Å²) in [5, 5.41) is 135. The molecule has 4 aliphatic heterocycles. The van der Waals surface area contributed by atoms with Gasteiger partial charge in [0.25, 0.3) is 0 Å². The number of esters is 3. The molecule has 1 unspecified atom stereocenters. The first-order chi connectivity index (χ1) is 44.8. The van der Waals surface area contributed by atoms with Crippen LogP contribution in [0.5, 0.6) is 0 Å². The molecule has 0 spiro atoms. The molecule has 29 atom stereocenters. The molecule has 12 N–H and O–H groups in total. The van der Waals surface area contributed by atoms with Crippen LogP contribution < -0.4 is 0 Å². The maximum Gasteiger partial charge on any atom is 0.338 e. The number of aliphatic hydroxyl groups is 11. The van der Waals surface area contributed by atoms with Crippen LogP contribution >= 0.6 is 0 Å². The third-order valence-electron chi connectivity index (χ3n) is 23.7. The summed E-state index contributed by atoms with van der Waals surface area (Å²) < 4.78 is 67.7. The van der Waals surface area contributed by atoms with Gasteiger partial charge in [0, 0.05) is 6.92 Å². The van der Waals surface area contributed by atoms with Gasteiger partial charge in [-0.25, -0.2) is 14.4 Å². The van der Waals surface area contributed by atoms with Gasteiger partial charge in [-0.15, -0.1) is 0 Å². The third kappa shape index (κ3) is 12.4. The Morgan fingerprint density at radius 2 is 1.19 bits per heavy atom. The van der Waals surface area contributed by atoms with Crippen molar-refractivity contribution < 1.29 is 133 Å². The minimum Gasteiger partial charge on any atom is -0.479 e. The minimum atomic E-state index is -2.14. The molecule has 0 radical (unpaired) electrons. The van der Waals surface area contributed by atoms with Crippen LogP contribution in [0.15, 0.2) is 72.3 Å². The number of ether oxygens (including phenoxy) is 11. The Labute approximate surface area is 550 Å². The SMILES string of the molecule is CC(=O)O[C@H]1[C@H](O[C@@H]2OC[C@H](OC(=O)c3ccccc3)[C@H](OC(=O)c3ccccc3)[C@H]2O)C(C)(C)CC2C3=CC[C@@H]4[C@@]5(C)CC[C@H](O[C@@H]6O[C@H](C(=O)O)[C@@H](O)[C@H](O[C@@H]7OC[C@@H](O)[C@H](O)[C@H]7O)[C@H]6O[C@@H]6O[C@H](CO)[C@H](O)[C@H](O)[C@H]6O)C(C)(C)[C@@H]5CC[C@@]4(C)[C@]3(C)C[C@@H](O)[C@]21CO. The first-order valence-corrected chi connectivity index (χ1v) is 32.9. The van der Waals surface area contributed by atoms with Crippen molar-refractivity contribution in [3.63, 3.8) is 0 Å². The van der Waals surface area contributed by atoms with Crippen molar-refractivity contribution in [3.05, 3.63) is 83.4 Å². The van der Waals surface area contributed by atoms with E-state index in [0.29, 0.717) is 32.1 Å². The second-order valence-electron chi connectivity index (χ2n) is 29.7. The molecule has 4 saturated heterocycles. The number of benzene rings is 2. The van der Waals surface area contributed by atoms with Crippen molar-refractivity contribution in [2.75, 3.05) is 26.4 Å². The van der Waals surface area contributed by atoms with Crippen molar-refractivity contribution in [1.29, 1.82) is 0 Å². The maximum atomic E-state index is 13.7. The summed E-state index contributed by atoms with van der Waals surface area (Å²) in [6.45, 7) is 13.4. The van der Waals surface area contributed by atoms with E-state index >= 15 is 0 Å². The fourth-order valence-corrected chi connectivity index (χ4v) is 18.5. The van der Waals surface area contributed by atoms with Gasteiger partial charge in [-0.2, -0.15) is 0 Å². The standard InChI is InChI=1S/C68H94O27/c1-31(71)87-55-54(95-60-49(80)50(91-58(84)33-17-13-10-14-18-33)38(29-86-60)88-57(83)32-15-11-9-12-16-32)63(2,3)25-35-34-19-20-40-65(6)23-22-42(64(4,5)39(65)21-24-66(40,7)67(34,8)26-41(73)68(35,55)30-70)90-62-53(94-61-47(78)45(76)44(75)37(27-69)89-61)51(48(79)52(93-62)56(81)82)92-59-46(77)43(74)36(72)28-85-59/h9-19,35-55,59-62,69-70,72-80H,20-30H2,1-8H3,(H,81,82)/t35?,36-,37-,38+,39+,40-,41-,42+,43+,44+,45+,46-,47-,48+,49-,50+,51+,52+,53-,54+,55+,59+,60+,61+,62-,65+,66-,67-,68+/m1/s1. The van der Waals surface area contributed by atoms with Crippen LogP contribution in [0.3, 0.4) is 0 Å². The van der Waals surface area contributed by atoms with Crippen molar-refractivity contribution >= 4 is 23.9 Å². The number of hydrogen-bond acceptors (Lipinski definition) is 26. The summed E-state index contributed by atoms with van der Waals surface area (Å²) in [5.41, 5.74) is -3.72. The van der Waals surface area contributed by atoms with Gasteiger partial charge in [-0.1, -0.05) is 96.5 Å². The number of carbonyl (C=O) groups excluding carboxylic acids is 3. The Kier molecular flexibility index (Phi) is 20.4. The predicted octanol–water partition coefficient (Wildman–Crippen LogP) is 1.02. The number of fused-ring (bicyclic) bond motifs is 7. The zero-order valence-corrected chi connectivity index (χ0v) is 54.6. The Bertz CT molecular complexity index is 3100. The van der Waals surface area contributed by atoms with E-state index in [2.05, 4.69) is 26.8 Å². The summed E-state index contributed by atoms with van der Waals surface area (Å²) in [7, 11) is 0. The van der Waals surface area contributed by atoms with Crippen LogP contribution in [-0.2, 0) is 61.7 Å². The Balaban J connectivity index is 0.869. The highest BCUT2D eigenvalue weighted by Gasteiger charge is 2.74. The van der Waals surface area contributed by atoms with Crippen LogP contribution in [0.2, 0.25) is 0 Å². The van der Waals surface area contributed by atoms with Gasteiger partial charge in [0.05, 0.1) is 55.2 Å². The molecule has 8 fully saturated rings. The molecule has 95 heavy (non-hydrogen) atoms. The van der Waals surface area contributed by atoms with Gasteiger partial charge in [-0.05, 0) is 114 Å². The monoisotopic (exact) mass is 1340 g/mol. The minimum absolute atomic E-state index is 0.0496. The summed E-state index contributed by atoms with van der Waals surface area (Å²) in [5.74, 6) is -4.75. The van der Waals surface area contributed by atoms with E-state index < -0.39 is 224 Å². The number of aliphatic hydroxyl groups excluding tert-OH is 11. The first-order valence-electron chi connectivity index (χ1n) is 32.9. The Hall–Kier alpha value is -4.70. The van der Waals surface area contributed by atoms with E-state index in [4.69, 9.17) is 52.1 Å². The van der Waals surface area contributed by atoms with Crippen molar-refractivity contribution in [2.24, 2.45) is 50.2 Å². The summed E-state index contributed by atoms with van der Waals surface area (Å²) in [4.78, 5) is 53.7. The molecule has 2 aromatic rings. The van der Waals surface area contributed by atoms with Crippen LogP contribution in [-0.4, -0.2) is 247 Å². The normalized spacial score (nSPS) is 46.1. The second kappa shape index (κ2) is 27.1.